The van der Waals surface area contributed by atoms with Crippen LogP contribution in [0.2, 0.25) is 0 Å². The molecule has 0 saturated carbocycles. The molecule has 1 amide bonds. The molecule has 0 saturated heterocycles. The Morgan fingerprint density at radius 2 is 0.848 bits per heavy atom. The number of aliphatic hydroxyl groups excluding tert-OH is 2. The molecule has 46 heavy (non-hydrogen) atoms. The molecule has 0 aliphatic carbocycles. The second kappa shape index (κ2) is 38.3. The van der Waals surface area contributed by atoms with E-state index in [1.807, 2.05) is 6.08 Å². The number of amides is 1. The lowest BCUT2D eigenvalue weighted by Gasteiger charge is -2.19. The van der Waals surface area contributed by atoms with Gasteiger partial charge in [-0.25, -0.2) is 0 Å². The van der Waals surface area contributed by atoms with E-state index in [0.29, 0.717) is 6.42 Å². The van der Waals surface area contributed by atoms with Gasteiger partial charge in [-0.1, -0.05) is 205 Å². The van der Waals surface area contributed by atoms with E-state index >= 15 is 0 Å². The lowest BCUT2D eigenvalue weighted by Crippen LogP contribution is -2.45. The van der Waals surface area contributed by atoms with E-state index in [1.54, 1.807) is 6.08 Å². The molecule has 3 N–H and O–H groups in total. The van der Waals surface area contributed by atoms with Crippen LogP contribution in [0, 0.1) is 0 Å². The van der Waals surface area contributed by atoms with E-state index in [2.05, 4.69) is 31.3 Å². The third kappa shape index (κ3) is 34.2. The van der Waals surface area contributed by atoms with Crippen LogP contribution in [0.15, 0.2) is 24.3 Å². The Balaban J connectivity index is 3.49. The first kappa shape index (κ1) is 44.9. The number of hydrogen-bond donors (Lipinski definition) is 3. The van der Waals surface area contributed by atoms with Gasteiger partial charge in [-0.2, -0.15) is 0 Å². The zero-order valence-electron chi connectivity index (χ0n) is 31.1. The van der Waals surface area contributed by atoms with Crippen LogP contribution in [-0.2, 0) is 4.79 Å². The van der Waals surface area contributed by atoms with Gasteiger partial charge in [0.15, 0.2) is 0 Å². The summed E-state index contributed by atoms with van der Waals surface area (Å²) in [6.45, 7) is 4.25. The molecule has 0 aromatic carbocycles. The summed E-state index contributed by atoms with van der Waals surface area (Å²) in [7, 11) is 0. The minimum atomic E-state index is -0.855. The van der Waals surface area contributed by atoms with Crippen LogP contribution >= 0.6 is 0 Å². The van der Waals surface area contributed by atoms with E-state index in [0.717, 1.165) is 32.1 Å². The fraction of sp³-hybridized carbons (Fsp3) is 0.881. The predicted molar refractivity (Wildman–Crippen MR) is 202 cm³/mol. The van der Waals surface area contributed by atoms with Gasteiger partial charge in [0.05, 0.1) is 18.8 Å². The first-order valence-corrected chi connectivity index (χ1v) is 20.6. The number of nitrogens with one attached hydrogen (secondary N) is 1. The molecule has 0 rings (SSSR count). The fourth-order valence-corrected chi connectivity index (χ4v) is 6.25. The van der Waals surface area contributed by atoms with E-state index in [9.17, 15) is 15.0 Å². The summed E-state index contributed by atoms with van der Waals surface area (Å²) in [6, 6.07) is -0.632. The van der Waals surface area contributed by atoms with E-state index in [-0.39, 0.29) is 12.5 Å². The third-order valence-electron chi connectivity index (χ3n) is 9.44. The molecule has 0 aliphatic heterocycles. The van der Waals surface area contributed by atoms with Crippen LogP contribution in [0.5, 0.6) is 0 Å². The monoisotopic (exact) mass is 648 g/mol. The number of hydrogen-bond acceptors (Lipinski definition) is 3. The molecule has 4 heteroatoms. The summed E-state index contributed by atoms with van der Waals surface area (Å²) in [6.07, 6.45) is 48.8. The topological polar surface area (TPSA) is 69.6 Å². The SMILES string of the molecule is CCCCCCCCCCCCCCCCCCCCCCC/C=C/CC/C=C/C(O)C(CO)NC(=O)CCCCCCCCC. The Morgan fingerprint density at radius 1 is 0.500 bits per heavy atom. The van der Waals surface area contributed by atoms with Gasteiger partial charge in [-0.05, 0) is 32.1 Å². The second-order valence-corrected chi connectivity index (χ2v) is 14.1. The van der Waals surface area contributed by atoms with Crippen LogP contribution in [-0.4, -0.2) is 34.9 Å². The van der Waals surface area contributed by atoms with Crippen LogP contribution in [0.25, 0.3) is 0 Å². The summed E-state index contributed by atoms with van der Waals surface area (Å²) >= 11 is 0. The van der Waals surface area contributed by atoms with Gasteiger partial charge in [-0.3, -0.25) is 4.79 Å². The van der Waals surface area contributed by atoms with Crippen molar-refractivity contribution in [3.63, 3.8) is 0 Å². The zero-order chi connectivity index (χ0) is 33.6. The van der Waals surface area contributed by atoms with Gasteiger partial charge < -0.3 is 15.5 Å². The van der Waals surface area contributed by atoms with Crippen molar-refractivity contribution in [1.29, 1.82) is 0 Å². The van der Waals surface area contributed by atoms with Gasteiger partial charge in [0.1, 0.15) is 0 Å². The molecule has 272 valence electrons. The predicted octanol–water partition coefficient (Wildman–Crippen LogP) is 12.5. The van der Waals surface area contributed by atoms with Crippen LogP contribution in [0.1, 0.15) is 219 Å². The summed E-state index contributed by atoms with van der Waals surface area (Å²) in [5, 5.41) is 22.8. The minimum absolute atomic E-state index is 0.0804. The maximum atomic E-state index is 12.2. The fourth-order valence-electron chi connectivity index (χ4n) is 6.25. The molecule has 0 radical (unpaired) electrons. The van der Waals surface area contributed by atoms with Gasteiger partial charge in [0, 0.05) is 6.42 Å². The highest BCUT2D eigenvalue weighted by Gasteiger charge is 2.17. The maximum Gasteiger partial charge on any atom is 0.220 e. The van der Waals surface area contributed by atoms with E-state index in [1.165, 1.54) is 167 Å². The van der Waals surface area contributed by atoms with Gasteiger partial charge in [-0.15, -0.1) is 0 Å². The largest absolute Gasteiger partial charge is 0.394 e. The first-order valence-electron chi connectivity index (χ1n) is 20.6. The van der Waals surface area contributed by atoms with Crippen molar-refractivity contribution >= 4 is 5.91 Å². The van der Waals surface area contributed by atoms with E-state index in [4.69, 9.17) is 0 Å². The normalized spacial score (nSPS) is 13.2. The molecule has 0 fully saturated rings. The average molecular weight is 648 g/mol. The molecule has 0 bridgehead atoms. The Hall–Kier alpha value is -1.13. The molecule has 0 aromatic heterocycles. The van der Waals surface area contributed by atoms with Gasteiger partial charge >= 0.3 is 0 Å². The van der Waals surface area contributed by atoms with Crippen LogP contribution < -0.4 is 5.32 Å². The Morgan fingerprint density at radius 3 is 1.26 bits per heavy atom. The van der Waals surface area contributed by atoms with Crippen molar-refractivity contribution in [1.82, 2.24) is 5.32 Å². The van der Waals surface area contributed by atoms with Gasteiger partial charge in [0.2, 0.25) is 5.91 Å². The number of unbranched alkanes of at least 4 members (excludes halogenated alkanes) is 28. The Bertz CT molecular complexity index is 661. The number of allylic oxidation sites excluding steroid dienone is 3. The van der Waals surface area contributed by atoms with Crippen molar-refractivity contribution in [2.45, 2.75) is 231 Å². The average Bonchev–Trinajstić information content (AvgIpc) is 3.06. The van der Waals surface area contributed by atoms with Crippen molar-refractivity contribution in [2.24, 2.45) is 0 Å². The molecule has 0 aromatic rings. The maximum absolute atomic E-state index is 12.2. The molecule has 0 heterocycles. The summed E-state index contributed by atoms with van der Waals surface area (Å²) in [5.41, 5.74) is 0. The number of rotatable bonds is 37. The Labute approximate surface area is 288 Å². The number of carbonyl (C=O) groups excluding carboxylic acids is 1. The van der Waals surface area contributed by atoms with Crippen molar-refractivity contribution < 1.29 is 15.0 Å². The van der Waals surface area contributed by atoms with Crippen molar-refractivity contribution in [3.05, 3.63) is 24.3 Å². The summed E-state index contributed by atoms with van der Waals surface area (Å²) < 4.78 is 0. The molecular weight excluding hydrogens is 566 g/mol. The lowest BCUT2D eigenvalue weighted by molar-refractivity contribution is -0.123. The molecule has 4 nitrogen and oxygen atoms in total. The number of carbonyl (C=O) groups is 1. The molecular formula is C42H81NO3. The minimum Gasteiger partial charge on any atom is -0.394 e. The lowest BCUT2D eigenvalue weighted by atomic mass is 10.0. The molecule has 2 atom stereocenters. The van der Waals surface area contributed by atoms with Crippen LogP contribution in [0.3, 0.4) is 0 Å². The number of aliphatic hydroxyl groups is 2. The third-order valence-corrected chi connectivity index (χ3v) is 9.44. The van der Waals surface area contributed by atoms with Gasteiger partial charge in [0.25, 0.3) is 0 Å². The highest BCUT2D eigenvalue weighted by atomic mass is 16.3. The quantitative estimate of drug-likeness (QED) is 0.0464. The molecule has 0 aliphatic rings. The van der Waals surface area contributed by atoms with E-state index < -0.39 is 12.1 Å². The van der Waals surface area contributed by atoms with Crippen molar-refractivity contribution in [3.8, 4) is 0 Å². The standard InChI is InChI=1S/C42H81NO3/c1-3-5-7-9-11-12-13-14-15-16-17-18-19-20-21-22-23-24-25-26-27-28-29-30-32-33-35-37-41(45)40(39-44)43-42(46)38-36-34-31-10-8-6-4-2/h29-30,35,37,40-41,44-45H,3-28,31-34,36,38-39H2,1-2H3,(H,43,46)/b30-29+,37-35+. The smallest absolute Gasteiger partial charge is 0.220 e. The zero-order valence-corrected chi connectivity index (χ0v) is 31.1. The highest BCUT2D eigenvalue weighted by Crippen LogP contribution is 2.15. The Kier molecular flexibility index (Phi) is 37.4. The highest BCUT2D eigenvalue weighted by molar-refractivity contribution is 5.76. The molecule has 0 spiro atoms. The summed E-state index contributed by atoms with van der Waals surface area (Å²) in [5.74, 6) is -0.0804. The molecule has 2 unspecified atom stereocenters. The van der Waals surface area contributed by atoms with Crippen molar-refractivity contribution in [2.75, 3.05) is 6.61 Å². The summed E-state index contributed by atoms with van der Waals surface area (Å²) in [4.78, 5) is 12.2. The van der Waals surface area contributed by atoms with Crippen LogP contribution in [0.4, 0.5) is 0 Å². The second-order valence-electron chi connectivity index (χ2n) is 14.1. The first-order chi connectivity index (χ1) is 22.7.